The third-order valence-corrected chi connectivity index (χ3v) is 6.05. The summed E-state index contributed by atoms with van der Waals surface area (Å²) in [4.78, 5) is 27.8. The van der Waals surface area contributed by atoms with Crippen LogP contribution < -0.4 is 5.48 Å². The maximum Gasteiger partial charge on any atom is 0.319 e. The molecule has 0 aliphatic carbocycles. The molecule has 2 heterocycles. The van der Waals surface area contributed by atoms with E-state index in [0.717, 1.165) is 22.2 Å². The van der Waals surface area contributed by atoms with Crippen molar-refractivity contribution in [1.82, 2.24) is 19.8 Å². The van der Waals surface area contributed by atoms with E-state index < -0.39 is 5.91 Å². The zero-order chi connectivity index (χ0) is 22.1. The van der Waals surface area contributed by atoms with Gasteiger partial charge in [-0.05, 0) is 34.7 Å². The zero-order valence-electron chi connectivity index (χ0n) is 17.4. The molecule has 3 aromatic rings. The number of urea groups is 1. The SMILES string of the molecule is CN(C)C(=O)N1Cc2c(c3ccccc3n2Cc2ccc(C(=O)NO)cc2)C(C=S)C1. The third kappa shape index (κ3) is 3.80. The first-order valence-corrected chi connectivity index (χ1v) is 10.5. The van der Waals surface area contributed by atoms with Gasteiger partial charge in [-0.25, -0.2) is 10.3 Å². The van der Waals surface area contributed by atoms with E-state index in [1.165, 1.54) is 5.56 Å². The first kappa shape index (κ1) is 21.0. The van der Waals surface area contributed by atoms with Crippen molar-refractivity contribution >= 4 is 40.4 Å². The van der Waals surface area contributed by atoms with Crippen LogP contribution in [0, 0.1) is 0 Å². The Morgan fingerprint density at radius 3 is 2.55 bits per heavy atom. The molecule has 8 heteroatoms. The largest absolute Gasteiger partial charge is 0.338 e. The highest BCUT2D eigenvalue weighted by molar-refractivity contribution is 7.79. The van der Waals surface area contributed by atoms with Gasteiger partial charge < -0.3 is 14.4 Å². The molecule has 0 saturated carbocycles. The normalized spacial score (nSPS) is 15.5. The van der Waals surface area contributed by atoms with Crippen molar-refractivity contribution in [3.8, 4) is 0 Å². The van der Waals surface area contributed by atoms with Crippen molar-refractivity contribution in [2.75, 3.05) is 20.6 Å². The van der Waals surface area contributed by atoms with Gasteiger partial charge in [-0.15, -0.1) is 0 Å². The van der Waals surface area contributed by atoms with Gasteiger partial charge in [0.2, 0.25) is 0 Å². The molecule has 1 aliphatic rings. The monoisotopic (exact) mass is 436 g/mol. The van der Waals surface area contributed by atoms with Crippen molar-refractivity contribution in [2.24, 2.45) is 0 Å². The second-order valence-corrected chi connectivity index (χ2v) is 8.17. The number of carbonyl (C=O) groups is 2. The summed E-state index contributed by atoms with van der Waals surface area (Å²) in [7, 11) is 3.51. The number of amides is 3. The molecule has 3 amide bonds. The van der Waals surface area contributed by atoms with E-state index in [0.29, 0.717) is 25.2 Å². The van der Waals surface area contributed by atoms with Gasteiger partial charge in [0.05, 0.1) is 6.54 Å². The summed E-state index contributed by atoms with van der Waals surface area (Å²) in [5.41, 5.74) is 6.39. The molecule has 2 aromatic carbocycles. The molecule has 0 radical (unpaired) electrons. The molecular formula is C23H24N4O3S. The smallest absolute Gasteiger partial charge is 0.319 e. The number of para-hydroxylation sites is 1. The fraction of sp³-hybridized carbons (Fsp3) is 0.261. The van der Waals surface area contributed by atoms with Crippen molar-refractivity contribution in [3.05, 3.63) is 70.9 Å². The number of benzene rings is 2. The lowest BCUT2D eigenvalue weighted by molar-refractivity contribution is 0.0706. The highest BCUT2D eigenvalue weighted by atomic mass is 32.1. The minimum Gasteiger partial charge on any atom is -0.338 e. The van der Waals surface area contributed by atoms with Gasteiger partial charge in [0, 0.05) is 55.3 Å². The standard InChI is InChI=1S/C23H24N4O3S/c1-25(2)23(29)26-12-17(14-31)21-18-5-3-4-6-19(18)27(20(21)13-26)11-15-7-9-16(10-8-15)22(28)24-30/h3-10,14,17,30H,11-13H2,1-2H3,(H,24,28). The Balaban J connectivity index is 1.79. The van der Waals surface area contributed by atoms with E-state index in [2.05, 4.69) is 16.7 Å². The average Bonchev–Trinajstić information content (AvgIpc) is 3.11. The second-order valence-electron chi connectivity index (χ2n) is 7.90. The molecule has 0 spiro atoms. The first-order chi connectivity index (χ1) is 14.9. The molecule has 0 fully saturated rings. The van der Waals surface area contributed by atoms with E-state index in [1.54, 1.807) is 42.0 Å². The maximum absolute atomic E-state index is 12.7. The number of thiocarbonyl (C=S) groups is 1. The number of nitrogens with zero attached hydrogens (tertiary/aromatic N) is 3. The topological polar surface area (TPSA) is 77.8 Å². The van der Waals surface area contributed by atoms with Crippen molar-refractivity contribution in [2.45, 2.75) is 19.0 Å². The molecule has 1 aliphatic heterocycles. The molecule has 0 bridgehead atoms. The number of fused-ring (bicyclic) bond motifs is 3. The Morgan fingerprint density at radius 1 is 1.19 bits per heavy atom. The summed E-state index contributed by atoms with van der Waals surface area (Å²) in [5.74, 6) is -0.568. The van der Waals surface area contributed by atoms with Crippen LogP contribution in [0.2, 0.25) is 0 Å². The van der Waals surface area contributed by atoms with Crippen molar-refractivity contribution < 1.29 is 14.8 Å². The molecule has 160 valence electrons. The van der Waals surface area contributed by atoms with E-state index in [9.17, 15) is 9.59 Å². The number of aromatic nitrogens is 1. The van der Waals surface area contributed by atoms with Crippen LogP contribution in [0.1, 0.15) is 33.1 Å². The zero-order valence-corrected chi connectivity index (χ0v) is 18.2. The maximum atomic E-state index is 12.7. The van der Waals surface area contributed by atoms with Crippen molar-refractivity contribution in [1.29, 1.82) is 0 Å². The van der Waals surface area contributed by atoms with E-state index in [4.69, 9.17) is 17.4 Å². The van der Waals surface area contributed by atoms with E-state index in [-0.39, 0.29) is 11.9 Å². The molecule has 31 heavy (non-hydrogen) atoms. The van der Waals surface area contributed by atoms with Crippen LogP contribution in [0.4, 0.5) is 4.79 Å². The van der Waals surface area contributed by atoms with Crippen LogP contribution >= 0.6 is 12.2 Å². The summed E-state index contributed by atoms with van der Waals surface area (Å²) >= 11 is 5.36. The first-order valence-electron chi connectivity index (χ1n) is 9.99. The summed E-state index contributed by atoms with van der Waals surface area (Å²) in [6, 6.07) is 15.3. The Labute approximate surface area is 185 Å². The van der Waals surface area contributed by atoms with Crippen LogP contribution in [0.5, 0.6) is 0 Å². The van der Waals surface area contributed by atoms with Gasteiger partial charge in [0.25, 0.3) is 5.91 Å². The summed E-state index contributed by atoms with van der Waals surface area (Å²) in [6.07, 6.45) is 0. The Kier molecular flexibility index (Phi) is 5.75. The third-order valence-electron chi connectivity index (χ3n) is 5.73. The molecule has 1 unspecified atom stereocenters. The number of rotatable bonds is 4. The molecule has 1 aromatic heterocycles. The Bertz CT molecular complexity index is 1150. The van der Waals surface area contributed by atoms with E-state index in [1.807, 2.05) is 29.2 Å². The van der Waals surface area contributed by atoms with Gasteiger partial charge in [0.1, 0.15) is 0 Å². The molecular weight excluding hydrogens is 412 g/mol. The lowest BCUT2D eigenvalue weighted by Crippen LogP contribution is -2.44. The minimum atomic E-state index is -0.544. The van der Waals surface area contributed by atoms with Crippen molar-refractivity contribution in [3.63, 3.8) is 0 Å². The molecule has 1 atom stereocenters. The summed E-state index contributed by atoms with van der Waals surface area (Å²) < 4.78 is 2.23. The average molecular weight is 437 g/mol. The van der Waals surface area contributed by atoms with Gasteiger partial charge in [-0.3, -0.25) is 10.0 Å². The lowest BCUT2D eigenvalue weighted by Gasteiger charge is -2.34. The van der Waals surface area contributed by atoms with Crippen LogP contribution in [0.3, 0.4) is 0 Å². The Hall–Kier alpha value is -3.23. The van der Waals surface area contributed by atoms with Crippen LogP contribution in [0.25, 0.3) is 10.9 Å². The highest BCUT2D eigenvalue weighted by Gasteiger charge is 2.32. The van der Waals surface area contributed by atoms with Crippen LogP contribution in [0.15, 0.2) is 48.5 Å². The Morgan fingerprint density at radius 2 is 1.90 bits per heavy atom. The van der Waals surface area contributed by atoms with Gasteiger partial charge in [-0.2, -0.15) is 0 Å². The van der Waals surface area contributed by atoms with E-state index >= 15 is 0 Å². The quantitative estimate of drug-likeness (QED) is 0.373. The number of hydrogen-bond donors (Lipinski definition) is 2. The van der Waals surface area contributed by atoms with Gasteiger partial charge in [-0.1, -0.05) is 42.5 Å². The molecule has 4 rings (SSSR count). The fourth-order valence-electron chi connectivity index (χ4n) is 4.27. The highest BCUT2D eigenvalue weighted by Crippen LogP contribution is 2.37. The van der Waals surface area contributed by atoms with Gasteiger partial charge >= 0.3 is 6.03 Å². The number of hydroxylamine groups is 1. The molecule has 0 saturated heterocycles. The van der Waals surface area contributed by atoms with Crippen LogP contribution in [-0.2, 0) is 13.1 Å². The predicted octanol–water partition coefficient (Wildman–Crippen LogP) is 3.39. The number of carbonyl (C=O) groups excluding carboxylic acids is 2. The predicted molar refractivity (Wildman–Crippen MR) is 123 cm³/mol. The molecule has 7 nitrogen and oxygen atoms in total. The fourth-order valence-corrected chi connectivity index (χ4v) is 4.49. The van der Waals surface area contributed by atoms with Gasteiger partial charge in [0.15, 0.2) is 0 Å². The molecule has 2 N–H and O–H groups in total. The summed E-state index contributed by atoms with van der Waals surface area (Å²) in [6.45, 7) is 1.66. The lowest BCUT2D eigenvalue weighted by atomic mass is 9.93. The number of hydrogen-bond acceptors (Lipinski definition) is 4. The van der Waals surface area contributed by atoms with Crippen LogP contribution in [-0.4, -0.2) is 57.5 Å². The number of nitrogens with one attached hydrogen (secondary N) is 1. The summed E-state index contributed by atoms with van der Waals surface area (Å²) in [5, 5.41) is 11.7. The second kappa shape index (κ2) is 8.49. The minimum absolute atomic E-state index is 0.0237.